The number of aryl methyl sites for hydroxylation is 2. The zero-order valence-electron chi connectivity index (χ0n) is 15.3. The topological polar surface area (TPSA) is 67.4 Å². The molecule has 2 fully saturated rings. The molecule has 1 aromatic heterocycles. The summed E-state index contributed by atoms with van der Waals surface area (Å²) in [6, 6.07) is 0. The van der Waals surface area contributed by atoms with E-state index in [9.17, 15) is 4.79 Å². The van der Waals surface area contributed by atoms with Crippen LogP contribution in [0.25, 0.3) is 0 Å². The first-order valence-electron chi connectivity index (χ1n) is 9.21. The molecule has 1 saturated carbocycles. The third-order valence-electron chi connectivity index (χ3n) is 6.00. The third kappa shape index (κ3) is 3.35. The van der Waals surface area contributed by atoms with Crippen LogP contribution in [0.5, 0.6) is 0 Å². The molecule has 6 heteroatoms. The summed E-state index contributed by atoms with van der Waals surface area (Å²) in [5.41, 5.74) is 9.53. The number of amides is 1. The maximum Gasteiger partial charge on any atom is 0.226 e. The van der Waals surface area contributed by atoms with E-state index in [1.165, 1.54) is 11.3 Å². The Morgan fingerprint density at radius 3 is 2.50 bits per heavy atom. The van der Waals surface area contributed by atoms with Gasteiger partial charge in [0.2, 0.25) is 5.91 Å². The molecule has 2 heterocycles. The van der Waals surface area contributed by atoms with Gasteiger partial charge < -0.3 is 10.6 Å². The molecule has 3 rings (SSSR count). The van der Waals surface area contributed by atoms with Gasteiger partial charge in [-0.3, -0.25) is 14.4 Å². The summed E-state index contributed by atoms with van der Waals surface area (Å²) in [6.45, 7) is 9.35. The first kappa shape index (κ1) is 17.4. The number of nitrogens with two attached hydrogens (primary N) is 1. The number of hydrogen-bond donors (Lipinski definition) is 1. The summed E-state index contributed by atoms with van der Waals surface area (Å²) in [5.74, 6) is 0.914. The van der Waals surface area contributed by atoms with Crippen LogP contribution in [0.2, 0.25) is 0 Å². The van der Waals surface area contributed by atoms with Gasteiger partial charge in [-0.15, -0.1) is 0 Å². The summed E-state index contributed by atoms with van der Waals surface area (Å²) in [7, 11) is 2.00. The third-order valence-corrected chi connectivity index (χ3v) is 6.00. The van der Waals surface area contributed by atoms with Crippen LogP contribution in [0.4, 0.5) is 0 Å². The van der Waals surface area contributed by atoms with E-state index < -0.39 is 0 Å². The summed E-state index contributed by atoms with van der Waals surface area (Å²) in [4.78, 5) is 17.3. The molecule has 0 spiro atoms. The molecule has 1 aromatic rings. The molecular formula is C18H31N5O. The molecule has 0 radical (unpaired) electrons. The average molecular weight is 333 g/mol. The highest BCUT2D eigenvalue weighted by molar-refractivity contribution is 5.79. The molecule has 2 aliphatic rings. The van der Waals surface area contributed by atoms with E-state index in [4.69, 9.17) is 5.73 Å². The Hall–Kier alpha value is -1.40. The fraction of sp³-hybridized carbons (Fsp3) is 0.778. The fourth-order valence-electron chi connectivity index (χ4n) is 4.27. The molecule has 2 atom stereocenters. The van der Waals surface area contributed by atoms with Crippen LogP contribution in [0.1, 0.15) is 36.2 Å². The highest BCUT2D eigenvalue weighted by Crippen LogP contribution is 2.32. The predicted molar refractivity (Wildman–Crippen MR) is 94.4 cm³/mol. The van der Waals surface area contributed by atoms with Gasteiger partial charge in [-0.25, -0.2) is 0 Å². The predicted octanol–water partition coefficient (Wildman–Crippen LogP) is 1.06. The van der Waals surface area contributed by atoms with Crippen molar-refractivity contribution in [2.75, 3.05) is 32.7 Å². The maximum atomic E-state index is 12.8. The molecule has 0 aromatic carbocycles. The number of hydrogen-bond acceptors (Lipinski definition) is 4. The van der Waals surface area contributed by atoms with Crippen LogP contribution >= 0.6 is 0 Å². The van der Waals surface area contributed by atoms with E-state index in [0.717, 1.165) is 57.7 Å². The number of rotatable bonds is 4. The van der Waals surface area contributed by atoms with Crippen molar-refractivity contribution < 1.29 is 4.79 Å². The minimum absolute atomic E-state index is 0.171. The van der Waals surface area contributed by atoms with Crippen molar-refractivity contribution in [3.8, 4) is 0 Å². The number of nitrogens with zero attached hydrogens (tertiary/aromatic N) is 4. The standard InChI is InChI=1S/C18H31N5O/c1-13-17(14(2)21(3)20-13)12-22-7-9-23(10-8-22)18(24)16-6-4-5-15(16)11-19/h15-16H,4-12,19H2,1-3H3/t15-,16-/m1/s1. The lowest BCUT2D eigenvalue weighted by Crippen LogP contribution is -2.50. The molecule has 0 bridgehead atoms. The molecule has 2 N–H and O–H groups in total. The smallest absolute Gasteiger partial charge is 0.226 e. The molecule has 0 unspecified atom stereocenters. The molecule has 24 heavy (non-hydrogen) atoms. The monoisotopic (exact) mass is 333 g/mol. The van der Waals surface area contributed by atoms with Gasteiger partial charge in [0.05, 0.1) is 5.69 Å². The van der Waals surface area contributed by atoms with Crippen LogP contribution in [0.3, 0.4) is 0 Å². The lowest BCUT2D eigenvalue weighted by molar-refractivity contribution is -0.138. The Bertz CT molecular complexity index is 588. The van der Waals surface area contributed by atoms with Crippen LogP contribution in [0, 0.1) is 25.7 Å². The van der Waals surface area contributed by atoms with Crippen LogP contribution in [-0.4, -0.2) is 58.2 Å². The van der Waals surface area contributed by atoms with Gasteiger partial charge in [0.15, 0.2) is 0 Å². The second kappa shape index (κ2) is 7.23. The van der Waals surface area contributed by atoms with Crippen LogP contribution in [-0.2, 0) is 18.4 Å². The number of carbonyl (C=O) groups is 1. The van der Waals surface area contributed by atoms with Gasteiger partial charge in [0, 0.05) is 56.9 Å². The van der Waals surface area contributed by atoms with Crippen molar-refractivity contribution in [3.05, 3.63) is 17.0 Å². The molecule has 1 saturated heterocycles. The molecule has 1 amide bonds. The van der Waals surface area contributed by atoms with Crippen molar-refractivity contribution in [2.45, 2.75) is 39.7 Å². The van der Waals surface area contributed by atoms with Gasteiger partial charge in [-0.1, -0.05) is 6.42 Å². The van der Waals surface area contributed by atoms with Crippen LogP contribution < -0.4 is 5.73 Å². The second-order valence-electron chi connectivity index (χ2n) is 7.41. The molecule has 134 valence electrons. The van der Waals surface area contributed by atoms with Crippen molar-refractivity contribution >= 4 is 5.91 Å². The van der Waals surface area contributed by atoms with Crippen molar-refractivity contribution in [1.82, 2.24) is 19.6 Å². The number of piperazine rings is 1. The summed E-state index contributed by atoms with van der Waals surface area (Å²) >= 11 is 0. The van der Waals surface area contributed by atoms with Gasteiger partial charge in [-0.2, -0.15) is 5.10 Å². The van der Waals surface area contributed by atoms with E-state index in [-0.39, 0.29) is 5.92 Å². The highest BCUT2D eigenvalue weighted by atomic mass is 16.2. The summed E-state index contributed by atoms with van der Waals surface area (Å²) in [6.07, 6.45) is 3.29. The van der Waals surface area contributed by atoms with Crippen LogP contribution in [0.15, 0.2) is 0 Å². The Labute approximate surface area is 145 Å². The minimum atomic E-state index is 0.171. The Morgan fingerprint density at radius 2 is 1.92 bits per heavy atom. The molecular weight excluding hydrogens is 302 g/mol. The first-order chi connectivity index (χ1) is 11.5. The fourth-order valence-corrected chi connectivity index (χ4v) is 4.27. The lowest BCUT2D eigenvalue weighted by atomic mass is 9.94. The summed E-state index contributed by atoms with van der Waals surface area (Å²) in [5, 5.41) is 4.50. The number of carbonyl (C=O) groups excluding carboxylic acids is 1. The molecule has 1 aliphatic carbocycles. The van der Waals surface area contributed by atoms with E-state index in [1.807, 2.05) is 11.7 Å². The van der Waals surface area contributed by atoms with E-state index in [1.54, 1.807) is 0 Å². The maximum absolute atomic E-state index is 12.8. The van der Waals surface area contributed by atoms with E-state index in [2.05, 4.69) is 28.7 Å². The highest BCUT2D eigenvalue weighted by Gasteiger charge is 2.35. The van der Waals surface area contributed by atoms with Crippen molar-refractivity contribution in [3.63, 3.8) is 0 Å². The Balaban J connectivity index is 1.55. The second-order valence-corrected chi connectivity index (χ2v) is 7.41. The van der Waals surface area contributed by atoms with Gasteiger partial charge in [-0.05, 0) is 39.2 Å². The first-order valence-corrected chi connectivity index (χ1v) is 9.21. The average Bonchev–Trinajstić information content (AvgIpc) is 3.15. The van der Waals surface area contributed by atoms with Crippen molar-refractivity contribution in [1.29, 1.82) is 0 Å². The molecule has 6 nitrogen and oxygen atoms in total. The zero-order valence-corrected chi connectivity index (χ0v) is 15.3. The quantitative estimate of drug-likeness (QED) is 0.894. The summed E-state index contributed by atoms with van der Waals surface area (Å²) < 4.78 is 1.96. The zero-order chi connectivity index (χ0) is 17.3. The van der Waals surface area contributed by atoms with Crippen molar-refractivity contribution in [2.24, 2.45) is 24.6 Å². The Morgan fingerprint density at radius 1 is 1.21 bits per heavy atom. The normalized spacial score (nSPS) is 25.4. The lowest BCUT2D eigenvalue weighted by Gasteiger charge is -2.36. The van der Waals surface area contributed by atoms with E-state index in [0.29, 0.717) is 18.4 Å². The SMILES string of the molecule is Cc1nn(C)c(C)c1CN1CCN(C(=O)[C@@H]2CCC[C@@H]2CN)CC1. The van der Waals surface area contributed by atoms with E-state index >= 15 is 0 Å². The largest absolute Gasteiger partial charge is 0.340 e. The number of aromatic nitrogens is 2. The Kier molecular flexibility index (Phi) is 5.25. The minimum Gasteiger partial charge on any atom is -0.340 e. The van der Waals surface area contributed by atoms with Gasteiger partial charge in [0.1, 0.15) is 0 Å². The van der Waals surface area contributed by atoms with Gasteiger partial charge >= 0.3 is 0 Å². The van der Waals surface area contributed by atoms with Gasteiger partial charge in [0.25, 0.3) is 0 Å². The molecule has 1 aliphatic heterocycles.